The van der Waals surface area contributed by atoms with Crippen LogP contribution >= 0.6 is 0 Å². The maximum atomic E-state index is 10.4. The van der Waals surface area contributed by atoms with Crippen LogP contribution < -0.4 is 5.32 Å². The Balaban J connectivity index is 2.37. The summed E-state index contributed by atoms with van der Waals surface area (Å²) >= 11 is 0. The van der Waals surface area contributed by atoms with E-state index in [1.54, 1.807) is 0 Å². The van der Waals surface area contributed by atoms with Gasteiger partial charge in [0.05, 0.1) is 0 Å². The molecule has 1 atom stereocenters. The van der Waals surface area contributed by atoms with Crippen molar-refractivity contribution in [3.63, 3.8) is 0 Å². The zero-order chi connectivity index (χ0) is 14.0. The minimum absolute atomic E-state index is 0.0670. The minimum Gasteiger partial charge on any atom is -0.507 e. The van der Waals surface area contributed by atoms with Gasteiger partial charge in [0.2, 0.25) is 0 Å². The Morgan fingerprint density at radius 3 is 2.53 bits per heavy atom. The molecule has 1 unspecified atom stereocenters. The van der Waals surface area contributed by atoms with Crippen LogP contribution in [-0.2, 0) is 0 Å². The average Bonchev–Trinajstić information content (AvgIpc) is 2.39. The normalized spacial score (nSPS) is 13.7. The second-order valence-corrected chi connectivity index (χ2v) is 5.83. The number of phenols is 1. The number of phenolic OH excluding ortho intramolecular Hbond substituents is 1. The molecular formula is C17H23NO. The van der Waals surface area contributed by atoms with E-state index in [2.05, 4.69) is 39.1 Å². The molecule has 0 aliphatic carbocycles. The molecule has 102 valence electrons. The molecule has 2 heteroatoms. The number of hydrogen-bond donors (Lipinski definition) is 2. The molecule has 2 N–H and O–H groups in total. The smallest absolute Gasteiger partial charge is 0.128 e. The number of rotatable bonds is 4. The highest BCUT2D eigenvalue weighted by Gasteiger charge is 2.20. The monoisotopic (exact) mass is 257 g/mol. The SMILES string of the molecule is CCC(C)(C)NC(C)c1ccc2ccccc2c1O. The first-order chi connectivity index (χ1) is 8.94. The van der Waals surface area contributed by atoms with Gasteiger partial charge in [-0.3, -0.25) is 0 Å². The lowest BCUT2D eigenvalue weighted by atomic mass is 9.96. The third-order valence-electron chi connectivity index (χ3n) is 3.89. The Kier molecular flexibility index (Phi) is 3.81. The fraction of sp³-hybridized carbons (Fsp3) is 0.412. The maximum absolute atomic E-state index is 10.4. The third kappa shape index (κ3) is 2.90. The Hall–Kier alpha value is -1.54. The van der Waals surface area contributed by atoms with Gasteiger partial charge in [-0.1, -0.05) is 43.3 Å². The van der Waals surface area contributed by atoms with E-state index in [4.69, 9.17) is 0 Å². The molecule has 19 heavy (non-hydrogen) atoms. The van der Waals surface area contributed by atoms with Crippen LogP contribution in [0, 0.1) is 0 Å². The molecule has 0 amide bonds. The van der Waals surface area contributed by atoms with E-state index in [9.17, 15) is 5.11 Å². The Bertz CT molecular complexity index is 574. The molecule has 2 aromatic rings. The van der Waals surface area contributed by atoms with Gasteiger partial charge in [0.1, 0.15) is 5.75 Å². The maximum Gasteiger partial charge on any atom is 0.128 e. The molecule has 2 aromatic carbocycles. The molecule has 0 fully saturated rings. The number of aromatic hydroxyl groups is 1. The van der Waals surface area contributed by atoms with Gasteiger partial charge >= 0.3 is 0 Å². The first kappa shape index (κ1) is 13.9. The zero-order valence-corrected chi connectivity index (χ0v) is 12.2. The van der Waals surface area contributed by atoms with Gasteiger partial charge in [-0.25, -0.2) is 0 Å². The molecule has 0 aliphatic heterocycles. The second kappa shape index (κ2) is 5.22. The number of fused-ring (bicyclic) bond motifs is 1. The van der Waals surface area contributed by atoms with Crippen LogP contribution in [0.15, 0.2) is 36.4 Å². The first-order valence-electron chi connectivity index (χ1n) is 6.93. The summed E-state index contributed by atoms with van der Waals surface area (Å²) in [4.78, 5) is 0. The van der Waals surface area contributed by atoms with Crippen molar-refractivity contribution in [1.82, 2.24) is 5.32 Å². The lowest BCUT2D eigenvalue weighted by molar-refractivity contribution is 0.332. The highest BCUT2D eigenvalue weighted by molar-refractivity contribution is 5.89. The van der Waals surface area contributed by atoms with Crippen molar-refractivity contribution in [2.75, 3.05) is 0 Å². The molecule has 0 saturated heterocycles. The van der Waals surface area contributed by atoms with Crippen molar-refractivity contribution in [2.45, 2.75) is 45.7 Å². The number of nitrogens with one attached hydrogen (secondary N) is 1. The van der Waals surface area contributed by atoms with E-state index in [-0.39, 0.29) is 11.6 Å². The van der Waals surface area contributed by atoms with Crippen molar-refractivity contribution in [1.29, 1.82) is 0 Å². The van der Waals surface area contributed by atoms with Crippen LogP contribution in [-0.4, -0.2) is 10.6 Å². The van der Waals surface area contributed by atoms with Crippen molar-refractivity contribution in [2.24, 2.45) is 0 Å². The highest BCUT2D eigenvalue weighted by Crippen LogP contribution is 2.33. The molecule has 0 saturated carbocycles. The summed E-state index contributed by atoms with van der Waals surface area (Å²) in [5.74, 6) is 0.394. The van der Waals surface area contributed by atoms with E-state index >= 15 is 0 Å². The molecule has 2 rings (SSSR count). The molecular weight excluding hydrogens is 234 g/mol. The van der Waals surface area contributed by atoms with Crippen molar-refractivity contribution in [3.05, 3.63) is 42.0 Å². The summed E-state index contributed by atoms with van der Waals surface area (Å²) in [5.41, 5.74) is 1.03. The Labute approximate surface area is 115 Å². The van der Waals surface area contributed by atoms with Crippen molar-refractivity contribution < 1.29 is 5.11 Å². The fourth-order valence-electron chi connectivity index (χ4n) is 2.39. The summed E-state index contributed by atoms with van der Waals surface area (Å²) in [6, 6.07) is 12.1. The van der Waals surface area contributed by atoms with E-state index in [0.717, 1.165) is 22.8 Å². The van der Waals surface area contributed by atoms with E-state index in [1.165, 1.54) is 0 Å². The fourth-order valence-corrected chi connectivity index (χ4v) is 2.39. The Morgan fingerprint density at radius 2 is 1.84 bits per heavy atom. The zero-order valence-electron chi connectivity index (χ0n) is 12.2. The summed E-state index contributed by atoms with van der Waals surface area (Å²) in [6.45, 7) is 8.63. The van der Waals surface area contributed by atoms with E-state index in [1.807, 2.05) is 30.3 Å². The molecule has 0 radical (unpaired) electrons. The van der Waals surface area contributed by atoms with Crippen LogP contribution in [0.5, 0.6) is 5.75 Å². The lowest BCUT2D eigenvalue weighted by Crippen LogP contribution is -2.40. The number of benzene rings is 2. The minimum atomic E-state index is 0.0670. The predicted molar refractivity (Wildman–Crippen MR) is 81.5 cm³/mol. The quantitative estimate of drug-likeness (QED) is 0.851. The standard InChI is InChI=1S/C17H23NO/c1-5-17(3,4)18-12(2)14-11-10-13-8-6-7-9-15(13)16(14)19/h6-12,18-19H,5H2,1-4H3. The van der Waals surface area contributed by atoms with Gasteiger partial charge in [0.15, 0.2) is 0 Å². The predicted octanol–water partition coefficient (Wildman–Crippen LogP) is 4.38. The molecule has 0 spiro atoms. The van der Waals surface area contributed by atoms with E-state index < -0.39 is 0 Å². The Morgan fingerprint density at radius 1 is 1.16 bits per heavy atom. The van der Waals surface area contributed by atoms with Gasteiger partial charge in [0.25, 0.3) is 0 Å². The van der Waals surface area contributed by atoms with Crippen LogP contribution in [0.25, 0.3) is 10.8 Å². The van der Waals surface area contributed by atoms with Crippen molar-refractivity contribution in [3.8, 4) is 5.75 Å². The molecule has 0 bridgehead atoms. The highest BCUT2D eigenvalue weighted by atomic mass is 16.3. The summed E-state index contributed by atoms with van der Waals surface area (Å²) in [7, 11) is 0. The summed E-state index contributed by atoms with van der Waals surface area (Å²) < 4.78 is 0. The molecule has 0 aliphatic rings. The number of hydrogen-bond acceptors (Lipinski definition) is 2. The van der Waals surface area contributed by atoms with Crippen LogP contribution in [0.1, 0.15) is 45.7 Å². The average molecular weight is 257 g/mol. The largest absolute Gasteiger partial charge is 0.507 e. The van der Waals surface area contributed by atoms with Crippen LogP contribution in [0.2, 0.25) is 0 Å². The van der Waals surface area contributed by atoms with Crippen LogP contribution in [0.4, 0.5) is 0 Å². The van der Waals surface area contributed by atoms with Crippen LogP contribution in [0.3, 0.4) is 0 Å². The molecule has 0 heterocycles. The van der Waals surface area contributed by atoms with E-state index in [0.29, 0.717) is 5.75 Å². The third-order valence-corrected chi connectivity index (χ3v) is 3.89. The molecule has 0 aromatic heterocycles. The molecule has 2 nitrogen and oxygen atoms in total. The van der Waals surface area contributed by atoms with Gasteiger partial charge in [-0.2, -0.15) is 0 Å². The second-order valence-electron chi connectivity index (χ2n) is 5.83. The van der Waals surface area contributed by atoms with Crippen molar-refractivity contribution >= 4 is 10.8 Å². The lowest BCUT2D eigenvalue weighted by Gasteiger charge is -2.29. The summed E-state index contributed by atoms with van der Waals surface area (Å²) in [5, 5.41) is 16.0. The van der Waals surface area contributed by atoms with Gasteiger partial charge in [-0.05, 0) is 32.6 Å². The summed E-state index contributed by atoms with van der Waals surface area (Å²) in [6.07, 6.45) is 1.05. The van der Waals surface area contributed by atoms with Gasteiger partial charge < -0.3 is 10.4 Å². The first-order valence-corrected chi connectivity index (χ1v) is 6.93. The topological polar surface area (TPSA) is 32.3 Å². The van der Waals surface area contributed by atoms with Gasteiger partial charge in [0, 0.05) is 22.5 Å². The van der Waals surface area contributed by atoms with Gasteiger partial charge in [-0.15, -0.1) is 0 Å².